The van der Waals surface area contributed by atoms with Crippen LogP contribution in [0.2, 0.25) is 0 Å². The summed E-state index contributed by atoms with van der Waals surface area (Å²) in [6.45, 7) is 1.65. The van der Waals surface area contributed by atoms with E-state index in [0.29, 0.717) is 11.5 Å². The zero-order valence-electron chi connectivity index (χ0n) is 14.0. The van der Waals surface area contributed by atoms with E-state index < -0.39 is 0 Å². The Morgan fingerprint density at radius 2 is 2.13 bits per heavy atom. The second kappa shape index (κ2) is 7.16. The molecule has 1 heterocycles. The van der Waals surface area contributed by atoms with Crippen LogP contribution in [0.5, 0.6) is 0 Å². The number of hydrogen-bond donors (Lipinski definition) is 0. The number of amides is 1. The van der Waals surface area contributed by atoms with Crippen molar-refractivity contribution in [3.63, 3.8) is 0 Å². The Morgan fingerprint density at radius 3 is 2.78 bits per heavy atom. The van der Waals surface area contributed by atoms with Gasteiger partial charge in [0.05, 0.1) is 5.56 Å². The van der Waals surface area contributed by atoms with Crippen LogP contribution in [0.4, 0.5) is 0 Å². The lowest BCUT2D eigenvalue weighted by molar-refractivity contribution is 0.0748. The molecule has 0 unspecified atom stereocenters. The number of rotatable bonds is 6. The Balaban J connectivity index is 1.69. The first-order chi connectivity index (χ1) is 11.1. The maximum atomic E-state index is 12.8. The number of hydrogen-bond acceptors (Lipinski definition) is 2. The zero-order valence-corrected chi connectivity index (χ0v) is 14.0. The lowest BCUT2D eigenvalue weighted by atomic mass is 9.97. The number of allylic oxidation sites excluding steroid dienone is 1. The molecule has 1 aromatic rings. The predicted molar refractivity (Wildman–Crippen MR) is 91.5 cm³/mol. The lowest BCUT2D eigenvalue weighted by Gasteiger charge is -2.24. The van der Waals surface area contributed by atoms with Gasteiger partial charge in [-0.2, -0.15) is 0 Å². The maximum absolute atomic E-state index is 12.8. The Bertz CT molecular complexity index is 656. The van der Waals surface area contributed by atoms with E-state index >= 15 is 0 Å². The first kappa shape index (κ1) is 16.0. The zero-order chi connectivity index (χ0) is 16.2. The fourth-order valence-electron chi connectivity index (χ4n) is 3.20. The molecule has 0 bridgehead atoms. The van der Waals surface area contributed by atoms with E-state index in [1.165, 1.54) is 54.7 Å². The van der Waals surface area contributed by atoms with Crippen molar-refractivity contribution in [2.24, 2.45) is 13.0 Å². The first-order valence-corrected chi connectivity index (χ1v) is 8.77. The number of nitrogens with zero attached hydrogens (tertiary/aromatic N) is 2. The average molecular weight is 314 g/mol. The molecule has 2 aliphatic rings. The van der Waals surface area contributed by atoms with Gasteiger partial charge < -0.3 is 9.47 Å². The van der Waals surface area contributed by atoms with Gasteiger partial charge in [-0.05, 0) is 56.9 Å². The van der Waals surface area contributed by atoms with E-state index in [4.69, 9.17) is 0 Å². The van der Waals surface area contributed by atoms with Crippen LogP contribution < -0.4 is 5.56 Å². The summed E-state index contributed by atoms with van der Waals surface area (Å²) in [5.74, 6) is 0.732. The average Bonchev–Trinajstić information content (AvgIpc) is 3.38. The second-order valence-electron chi connectivity index (χ2n) is 6.92. The summed E-state index contributed by atoms with van der Waals surface area (Å²) in [4.78, 5) is 26.3. The van der Waals surface area contributed by atoms with Crippen LogP contribution in [-0.2, 0) is 7.05 Å². The van der Waals surface area contributed by atoms with Crippen LogP contribution in [0.25, 0.3) is 0 Å². The lowest BCUT2D eigenvalue weighted by Crippen LogP contribution is -2.35. The monoisotopic (exact) mass is 314 g/mol. The molecule has 0 radical (unpaired) electrons. The van der Waals surface area contributed by atoms with E-state index in [1.807, 2.05) is 4.90 Å². The molecule has 0 atom stereocenters. The first-order valence-electron chi connectivity index (χ1n) is 8.77. The molecule has 0 aliphatic heterocycles. The van der Waals surface area contributed by atoms with Crippen molar-refractivity contribution in [2.45, 2.75) is 44.9 Å². The van der Waals surface area contributed by atoms with Crippen molar-refractivity contribution in [1.29, 1.82) is 0 Å². The van der Waals surface area contributed by atoms with Crippen LogP contribution in [0.3, 0.4) is 0 Å². The van der Waals surface area contributed by atoms with Crippen LogP contribution in [-0.4, -0.2) is 28.5 Å². The molecule has 4 heteroatoms. The Labute approximate surface area is 137 Å². The van der Waals surface area contributed by atoms with Crippen LogP contribution in [0.15, 0.2) is 34.8 Å². The Kier molecular flexibility index (Phi) is 4.99. The molecule has 0 saturated heterocycles. The summed E-state index contributed by atoms with van der Waals surface area (Å²) >= 11 is 0. The summed E-state index contributed by atoms with van der Waals surface area (Å²) in [5, 5.41) is 0. The van der Waals surface area contributed by atoms with Gasteiger partial charge in [-0.1, -0.05) is 11.6 Å². The van der Waals surface area contributed by atoms with Gasteiger partial charge in [-0.25, -0.2) is 0 Å². The van der Waals surface area contributed by atoms with Gasteiger partial charge in [0.1, 0.15) is 0 Å². The molecule has 0 N–H and O–H groups in total. The SMILES string of the molecule is Cn1cc(C(=O)N(CCC2=CCCCC2)CC2CC2)ccc1=O. The van der Waals surface area contributed by atoms with Crippen molar-refractivity contribution >= 4 is 5.91 Å². The molecule has 1 fully saturated rings. The highest BCUT2D eigenvalue weighted by atomic mass is 16.2. The van der Waals surface area contributed by atoms with Gasteiger partial charge in [0.15, 0.2) is 0 Å². The van der Waals surface area contributed by atoms with Gasteiger partial charge in [0.2, 0.25) is 5.56 Å². The van der Waals surface area contributed by atoms with Gasteiger partial charge in [0.25, 0.3) is 5.91 Å². The summed E-state index contributed by atoms with van der Waals surface area (Å²) < 4.78 is 1.48. The Morgan fingerprint density at radius 1 is 1.30 bits per heavy atom. The van der Waals surface area contributed by atoms with E-state index in [9.17, 15) is 9.59 Å². The minimum absolute atomic E-state index is 0.0592. The summed E-state index contributed by atoms with van der Waals surface area (Å²) in [6.07, 6.45) is 12.4. The minimum Gasteiger partial charge on any atom is -0.338 e. The largest absolute Gasteiger partial charge is 0.338 e. The molecule has 3 rings (SSSR count). The topological polar surface area (TPSA) is 42.3 Å². The van der Waals surface area contributed by atoms with Crippen molar-refractivity contribution in [3.05, 3.63) is 45.9 Å². The van der Waals surface area contributed by atoms with Crippen molar-refractivity contribution in [3.8, 4) is 0 Å². The summed E-state index contributed by atoms with van der Waals surface area (Å²) in [5.41, 5.74) is 2.04. The highest BCUT2D eigenvalue weighted by Gasteiger charge is 2.27. The maximum Gasteiger partial charge on any atom is 0.255 e. The molecular formula is C19H26N2O2. The molecule has 23 heavy (non-hydrogen) atoms. The normalized spacial score (nSPS) is 17.7. The van der Waals surface area contributed by atoms with Crippen molar-refractivity contribution in [2.75, 3.05) is 13.1 Å². The predicted octanol–water partition coefficient (Wildman–Crippen LogP) is 3.13. The molecular weight excluding hydrogens is 288 g/mol. The standard InChI is InChI=1S/C19H26N2O2/c1-20-14-17(9-10-18(20)22)19(23)21(13-16-7-8-16)12-11-15-5-3-2-4-6-15/h5,9-10,14,16H,2-4,6-8,11-13H2,1H3. The molecule has 1 saturated carbocycles. The van der Waals surface area contributed by atoms with Crippen LogP contribution >= 0.6 is 0 Å². The molecule has 4 nitrogen and oxygen atoms in total. The molecule has 0 spiro atoms. The fraction of sp³-hybridized carbons (Fsp3) is 0.579. The number of aromatic nitrogens is 1. The van der Waals surface area contributed by atoms with Gasteiger partial charge in [-0.15, -0.1) is 0 Å². The van der Waals surface area contributed by atoms with Crippen molar-refractivity contribution in [1.82, 2.24) is 9.47 Å². The highest BCUT2D eigenvalue weighted by Crippen LogP contribution is 2.30. The summed E-state index contributed by atoms with van der Waals surface area (Å²) in [7, 11) is 1.69. The van der Waals surface area contributed by atoms with Crippen LogP contribution in [0, 0.1) is 5.92 Å². The van der Waals surface area contributed by atoms with E-state index in [-0.39, 0.29) is 11.5 Å². The molecule has 0 aromatic carbocycles. The summed E-state index contributed by atoms with van der Waals surface area (Å²) in [6, 6.07) is 3.14. The minimum atomic E-state index is -0.0809. The molecule has 1 aromatic heterocycles. The second-order valence-corrected chi connectivity index (χ2v) is 6.92. The number of aryl methyl sites for hydroxylation is 1. The van der Waals surface area contributed by atoms with E-state index in [0.717, 1.165) is 19.5 Å². The third kappa shape index (κ3) is 4.34. The number of pyridine rings is 1. The molecule has 124 valence electrons. The van der Waals surface area contributed by atoms with E-state index in [1.54, 1.807) is 19.3 Å². The van der Waals surface area contributed by atoms with Crippen LogP contribution in [0.1, 0.15) is 55.3 Å². The third-order valence-corrected chi connectivity index (χ3v) is 4.88. The smallest absolute Gasteiger partial charge is 0.255 e. The number of carbonyl (C=O) groups is 1. The molecule has 2 aliphatic carbocycles. The fourth-order valence-corrected chi connectivity index (χ4v) is 3.20. The van der Waals surface area contributed by atoms with Gasteiger partial charge >= 0.3 is 0 Å². The molecule has 1 amide bonds. The number of carbonyl (C=O) groups excluding carboxylic acids is 1. The third-order valence-electron chi connectivity index (χ3n) is 4.88. The highest BCUT2D eigenvalue weighted by molar-refractivity contribution is 5.93. The van der Waals surface area contributed by atoms with Gasteiger partial charge in [-0.3, -0.25) is 9.59 Å². The Hall–Kier alpha value is -1.84. The quantitative estimate of drug-likeness (QED) is 0.757. The van der Waals surface area contributed by atoms with Crippen molar-refractivity contribution < 1.29 is 4.79 Å². The van der Waals surface area contributed by atoms with Gasteiger partial charge in [0, 0.05) is 32.4 Å². The van der Waals surface area contributed by atoms with E-state index in [2.05, 4.69) is 6.08 Å².